The van der Waals surface area contributed by atoms with Crippen molar-refractivity contribution in [3.8, 4) is 0 Å². The van der Waals surface area contributed by atoms with E-state index in [1.54, 1.807) is 0 Å². The molecule has 1 rings (SSSR count). The van der Waals surface area contributed by atoms with E-state index in [9.17, 15) is 0 Å². The van der Waals surface area contributed by atoms with E-state index in [0.717, 1.165) is 6.54 Å². The second-order valence-electron chi connectivity index (χ2n) is 5.42. The molecule has 0 saturated carbocycles. The molecule has 0 bridgehead atoms. The second kappa shape index (κ2) is 9.96. The summed E-state index contributed by atoms with van der Waals surface area (Å²) in [5.41, 5.74) is 2.51. The molecule has 2 nitrogen and oxygen atoms in total. The quantitative estimate of drug-likeness (QED) is 0.613. The fourth-order valence-corrected chi connectivity index (χ4v) is 2.48. The third kappa shape index (κ3) is 6.72. The second-order valence-corrected chi connectivity index (χ2v) is 5.42. The van der Waals surface area contributed by atoms with Crippen LogP contribution in [0, 0.1) is 6.92 Å². The molecule has 0 radical (unpaired) electrons. The number of unbranched alkanes of at least 4 members (excludes halogenated alkanes) is 5. The fourth-order valence-electron chi connectivity index (χ4n) is 2.48. The SMILES string of the molecule is CCCCCCCCC(NCC)c1cc(C)ccn1. The third-order valence-corrected chi connectivity index (χ3v) is 3.59. The molecule has 1 aromatic rings. The van der Waals surface area contributed by atoms with Gasteiger partial charge in [0.05, 0.1) is 5.69 Å². The first-order valence-electron chi connectivity index (χ1n) is 7.93. The van der Waals surface area contributed by atoms with Crippen LogP contribution in [-0.4, -0.2) is 11.5 Å². The van der Waals surface area contributed by atoms with Crippen LogP contribution in [0.1, 0.15) is 76.1 Å². The van der Waals surface area contributed by atoms with Gasteiger partial charge in [0.2, 0.25) is 0 Å². The first-order chi connectivity index (χ1) is 9.27. The molecule has 0 aromatic carbocycles. The molecule has 1 unspecified atom stereocenters. The minimum absolute atomic E-state index is 0.427. The highest BCUT2D eigenvalue weighted by molar-refractivity contribution is 5.17. The average Bonchev–Trinajstić information content (AvgIpc) is 2.41. The van der Waals surface area contributed by atoms with Crippen LogP contribution in [0.2, 0.25) is 0 Å². The van der Waals surface area contributed by atoms with E-state index >= 15 is 0 Å². The van der Waals surface area contributed by atoms with Crippen molar-refractivity contribution in [3.63, 3.8) is 0 Å². The Morgan fingerprint density at radius 3 is 2.53 bits per heavy atom. The van der Waals surface area contributed by atoms with Gasteiger partial charge in [0.15, 0.2) is 0 Å². The van der Waals surface area contributed by atoms with E-state index in [1.807, 2.05) is 6.20 Å². The smallest absolute Gasteiger partial charge is 0.0575 e. The maximum Gasteiger partial charge on any atom is 0.0575 e. The molecule has 1 atom stereocenters. The number of nitrogens with one attached hydrogen (secondary N) is 1. The van der Waals surface area contributed by atoms with Crippen molar-refractivity contribution in [2.45, 2.75) is 71.8 Å². The monoisotopic (exact) mass is 262 g/mol. The summed E-state index contributed by atoms with van der Waals surface area (Å²) in [6.45, 7) is 7.59. The van der Waals surface area contributed by atoms with Crippen LogP contribution >= 0.6 is 0 Å². The predicted molar refractivity (Wildman–Crippen MR) is 83.4 cm³/mol. The van der Waals surface area contributed by atoms with Gasteiger partial charge in [-0.3, -0.25) is 4.98 Å². The minimum atomic E-state index is 0.427. The van der Waals surface area contributed by atoms with E-state index in [2.05, 4.69) is 43.2 Å². The van der Waals surface area contributed by atoms with Gasteiger partial charge in [-0.15, -0.1) is 0 Å². The Labute approximate surface area is 119 Å². The van der Waals surface area contributed by atoms with Crippen molar-refractivity contribution in [2.24, 2.45) is 0 Å². The molecular formula is C17H30N2. The highest BCUT2D eigenvalue weighted by Gasteiger charge is 2.11. The lowest BCUT2D eigenvalue weighted by molar-refractivity contribution is 0.468. The zero-order valence-corrected chi connectivity index (χ0v) is 12.9. The molecule has 1 N–H and O–H groups in total. The van der Waals surface area contributed by atoms with Crippen molar-refractivity contribution in [2.75, 3.05) is 6.54 Å². The fraction of sp³-hybridized carbons (Fsp3) is 0.706. The summed E-state index contributed by atoms with van der Waals surface area (Å²) in [7, 11) is 0. The standard InChI is InChI=1S/C17H30N2/c1-4-6-7-8-9-10-11-16(18-5-2)17-14-15(3)12-13-19-17/h12-14,16,18H,4-11H2,1-3H3. The lowest BCUT2D eigenvalue weighted by atomic mass is 10.0. The number of hydrogen-bond donors (Lipinski definition) is 1. The van der Waals surface area contributed by atoms with Crippen molar-refractivity contribution in [3.05, 3.63) is 29.6 Å². The number of aryl methyl sites for hydroxylation is 1. The summed E-state index contributed by atoms with van der Waals surface area (Å²) >= 11 is 0. The van der Waals surface area contributed by atoms with Gasteiger partial charge in [0, 0.05) is 12.2 Å². The number of pyridine rings is 1. The molecule has 0 aliphatic heterocycles. The zero-order valence-electron chi connectivity index (χ0n) is 12.9. The number of rotatable bonds is 10. The predicted octanol–water partition coefficient (Wildman–Crippen LogP) is 4.79. The van der Waals surface area contributed by atoms with Crippen LogP contribution in [0.15, 0.2) is 18.3 Å². The molecule has 108 valence electrons. The van der Waals surface area contributed by atoms with Gasteiger partial charge in [-0.25, -0.2) is 0 Å². The Balaban J connectivity index is 2.36. The van der Waals surface area contributed by atoms with E-state index in [-0.39, 0.29) is 0 Å². The van der Waals surface area contributed by atoms with Gasteiger partial charge in [0.25, 0.3) is 0 Å². The highest BCUT2D eigenvalue weighted by atomic mass is 14.9. The van der Waals surface area contributed by atoms with Gasteiger partial charge in [-0.1, -0.05) is 52.4 Å². The van der Waals surface area contributed by atoms with E-state index in [4.69, 9.17) is 0 Å². The largest absolute Gasteiger partial charge is 0.309 e. The van der Waals surface area contributed by atoms with Crippen LogP contribution in [0.5, 0.6) is 0 Å². The zero-order chi connectivity index (χ0) is 13.9. The van der Waals surface area contributed by atoms with E-state index in [0.29, 0.717) is 6.04 Å². The van der Waals surface area contributed by atoms with Crippen molar-refractivity contribution >= 4 is 0 Å². The molecule has 0 aliphatic carbocycles. The first kappa shape index (κ1) is 16.2. The van der Waals surface area contributed by atoms with Crippen LogP contribution in [0.25, 0.3) is 0 Å². The van der Waals surface area contributed by atoms with Crippen molar-refractivity contribution in [1.82, 2.24) is 10.3 Å². The summed E-state index contributed by atoms with van der Waals surface area (Å²) in [6.07, 6.45) is 11.3. The van der Waals surface area contributed by atoms with Crippen LogP contribution in [0.4, 0.5) is 0 Å². The van der Waals surface area contributed by atoms with Crippen molar-refractivity contribution in [1.29, 1.82) is 0 Å². The molecule has 19 heavy (non-hydrogen) atoms. The molecule has 0 saturated heterocycles. The molecule has 0 fully saturated rings. The molecule has 0 spiro atoms. The molecule has 0 amide bonds. The number of nitrogens with zero attached hydrogens (tertiary/aromatic N) is 1. The molecule has 0 aliphatic rings. The van der Waals surface area contributed by atoms with E-state index < -0.39 is 0 Å². The lowest BCUT2D eigenvalue weighted by Gasteiger charge is -2.17. The molecule has 2 heteroatoms. The molecular weight excluding hydrogens is 232 g/mol. The Kier molecular flexibility index (Phi) is 8.48. The van der Waals surface area contributed by atoms with E-state index in [1.165, 1.54) is 56.2 Å². The maximum atomic E-state index is 4.52. The Hall–Kier alpha value is -0.890. The van der Waals surface area contributed by atoms with Crippen LogP contribution in [-0.2, 0) is 0 Å². The summed E-state index contributed by atoms with van der Waals surface area (Å²) < 4.78 is 0. The topological polar surface area (TPSA) is 24.9 Å². The third-order valence-electron chi connectivity index (χ3n) is 3.59. The number of hydrogen-bond acceptors (Lipinski definition) is 2. The minimum Gasteiger partial charge on any atom is -0.309 e. The first-order valence-corrected chi connectivity index (χ1v) is 7.93. The molecule has 1 heterocycles. The van der Waals surface area contributed by atoms with Gasteiger partial charge in [-0.05, 0) is 37.6 Å². The number of aromatic nitrogens is 1. The summed E-state index contributed by atoms with van der Waals surface area (Å²) in [4.78, 5) is 4.52. The molecule has 1 aromatic heterocycles. The van der Waals surface area contributed by atoms with Gasteiger partial charge in [0.1, 0.15) is 0 Å². The highest BCUT2D eigenvalue weighted by Crippen LogP contribution is 2.19. The van der Waals surface area contributed by atoms with Crippen LogP contribution in [0.3, 0.4) is 0 Å². The van der Waals surface area contributed by atoms with Crippen LogP contribution < -0.4 is 5.32 Å². The van der Waals surface area contributed by atoms with Gasteiger partial charge in [-0.2, -0.15) is 0 Å². The lowest BCUT2D eigenvalue weighted by Crippen LogP contribution is -2.21. The normalized spacial score (nSPS) is 12.6. The summed E-state index contributed by atoms with van der Waals surface area (Å²) in [6, 6.07) is 4.71. The Morgan fingerprint density at radius 2 is 1.84 bits per heavy atom. The van der Waals surface area contributed by atoms with Crippen molar-refractivity contribution < 1.29 is 0 Å². The summed E-state index contributed by atoms with van der Waals surface area (Å²) in [5, 5.41) is 3.57. The summed E-state index contributed by atoms with van der Waals surface area (Å²) in [5.74, 6) is 0. The Bertz CT molecular complexity index is 336. The van der Waals surface area contributed by atoms with Gasteiger partial charge >= 0.3 is 0 Å². The van der Waals surface area contributed by atoms with Gasteiger partial charge < -0.3 is 5.32 Å². The Morgan fingerprint density at radius 1 is 1.11 bits per heavy atom. The average molecular weight is 262 g/mol. The maximum absolute atomic E-state index is 4.52.